The lowest BCUT2D eigenvalue weighted by Crippen LogP contribution is -2.31. The number of nitrogens with one attached hydrogen (secondary N) is 1. The van der Waals surface area contributed by atoms with Gasteiger partial charge in [0.25, 0.3) is 0 Å². The zero-order valence-electron chi connectivity index (χ0n) is 17.8. The molecule has 7 heteroatoms. The van der Waals surface area contributed by atoms with Crippen LogP contribution in [-0.4, -0.2) is 42.9 Å². The molecule has 0 saturated heterocycles. The summed E-state index contributed by atoms with van der Waals surface area (Å²) in [6, 6.07) is 15.4. The molecule has 0 fully saturated rings. The van der Waals surface area contributed by atoms with Gasteiger partial charge >= 0.3 is 0 Å². The molecule has 1 atom stereocenters. The van der Waals surface area contributed by atoms with Gasteiger partial charge in [-0.2, -0.15) is 0 Å². The number of aryl methyl sites for hydroxylation is 1. The Morgan fingerprint density at radius 1 is 1.07 bits per heavy atom. The second-order valence-corrected chi connectivity index (χ2v) is 7.04. The minimum Gasteiger partial charge on any atom is -0.493 e. The second kappa shape index (κ2) is 10.6. The van der Waals surface area contributed by atoms with Crippen LogP contribution in [-0.2, 0) is 16.1 Å². The summed E-state index contributed by atoms with van der Waals surface area (Å²) in [7, 11) is 3.15. The number of para-hydroxylation sites is 4. The van der Waals surface area contributed by atoms with Crippen molar-refractivity contribution in [3.8, 4) is 11.5 Å². The molecule has 30 heavy (non-hydrogen) atoms. The molecule has 7 nitrogen and oxygen atoms in total. The fourth-order valence-electron chi connectivity index (χ4n) is 3.43. The number of unbranched alkanes of at least 4 members (excludes halogenated alkanes) is 1. The standard InChI is InChI=1S/C23H29N3O4/c1-17(24-22(27)16-28-2)23-25-18-10-4-5-11-19(18)26(23)14-8-9-15-30-21-13-7-6-12-20(21)29-3/h4-7,10-13,17H,8-9,14-16H2,1-3H3,(H,24,27). The fourth-order valence-corrected chi connectivity index (χ4v) is 3.43. The van der Waals surface area contributed by atoms with E-state index in [1.54, 1.807) is 7.11 Å². The van der Waals surface area contributed by atoms with Gasteiger partial charge in [-0.25, -0.2) is 4.98 Å². The monoisotopic (exact) mass is 411 g/mol. The summed E-state index contributed by atoms with van der Waals surface area (Å²) in [6.07, 6.45) is 1.80. The number of hydrogen-bond acceptors (Lipinski definition) is 5. The van der Waals surface area contributed by atoms with E-state index in [-0.39, 0.29) is 18.6 Å². The highest BCUT2D eigenvalue weighted by atomic mass is 16.5. The summed E-state index contributed by atoms with van der Waals surface area (Å²) in [4.78, 5) is 16.7. The second-order valence-electron chi connectivity index (χ2n) is 7.04. The number of carbonyl (C=O) groups excluding carboxylic acids is 1. The topological polar surface area (TPSA) is 74.6 Å². The van der Waals surface area contributed by atoms with Crippen LogP contribution in [0, 0.1) is 0 Å². The van der Waals surface area contributed by atoms with Gasteiger partial charge in [0.1, 0.15) is 12.4 Å². The Bertz CT molecular complexity index is 970. The first-order valence-corrected chi connectivity index (χ1v) is 10.1. The Morgan fingerprint density at radius 3 is 2.57 bits per heavy atom. The van der Waals surface area contributed by atoms with Crippen molar-refractivity contribution in [1.29, 1.82) is 0 Å². The number of imidazole rings is 1. The number of rotatable bonds is 11. The lowest BCUT2D eigenvalue weighted by atomic mass is 10.2. The molecule has 0 bridgehead atoms. The maximum Gasteiger partial charge on any atom is 0.246 e. The third kappa shape index (κ3) is 5.30. The van der Waals surface area contributed by atoms with Gasteiger partial charge in [0, 0.05) is 13.7 Å². The Hall–Kier alpha value is -3.06. The normalized spacial score (nSPS) is 12.0. The van der Waals surface area contributed by atoms with E-state index in [0.717, 1.165) is 47.7 Å². The first kappa shape index (κ1) is 21.6. The molecule has 1 unspecified atom stereocenters. The zero-order chi connectivity index (χ0) is 21.3. The maximum absolute atomic E-state index is 11.9. The van der Waals surface area contributed by atoms with E-state index < -0.39 is 0 Å². The molecule has 0 saturated carbocycles. The summed E-state index contributed by atoms with van der Waals surface area (Å²) in [6.45, 7) is 3.36. The highest BCUT2D eigenvalue weighted by molar-refractivity contribution is 5.78. The number of nitrogens with zero attached hydrogens (tertiary/aromatic N) is 2. The van der Waals surface area contributed by atoms with Crippen LogP contribution in [0.3, 0.4) is 0 Å². The predicted octanol–water partition coefficient (Wildman–Crippen LogP) is 3.73. The summed E-state index contributed by atoms with van der Waals surface area (Å²) >= 11 is 0. The molecule has 1 heterocycles. The molecule has 0 aliphatic heterocycles. The lowest BCUT2D eigenvalue weighted by molar-refractivity contribution is -0.125. The van der Waals surface area contributed by atoms with Gasteiger partial charge in [0.15, 0.2) is 11.5 Å². The minimum absolute atomic E-state index is 0.0326. The first-order valence-electron chi connectivity index (χ1n) is 10.1. The highest BCUT2D eigenvalue weighted by Gasteiger charge is 2.18. The van der Waals surface area contributed by atoms with Crippen molar-refractivity contribution in [3.05, 3.63) is 54.4 Å². The molecule has 0 radical (unpaired) electrons. The van der Waals surface area contributed by atoms with Gasteiger partial charge in [-0.1, -0.05) is 24.3 Å². The average molecular weight is 412 g/mol. The predicted molar refractivity (Wildman–Crippen MR) is 116 cm³/mol. The van der Waals surface area contributed by atoms with Crippen LogP contribution in [0.25, 0.3) is 11.0 Å². The SMILES string of the molecule is COCC(=O)NC(C)c1nc2ccccc2n1CCCCOc1ccccc1OC. The van der Waals surface area contributed by atoms with Crippen LogP contribution in [0.2, 0.25) is 0 Å². The Balaban J connectivity index is 1.63. The molecule has 0 spiro atoms. The van der Waals surface area contributed by atoms with E-state index in [2.05, 4.69) is 16.0 Å². The van der Waals surface area contributed by atoms with Crippen LogP contribution >= 0.6 is 0 Å². The van der Waals surface area contributed by atoms with Gasteiger partial charge < -0.3 is 24.1 Å². The van der Waals surface area contributed by atoms with Crippen molar-refractivity contribution in [2.45, 2.75) is 32.4 Å². The van der Waals surface area contributed by atoms with Gasteiger partial charge in [-0.05, 0) is 44.0 Å². The quantitative estimate of drug-likeness (QED) is 0.487. The van der Waals surface area contributed by atoms with Crippen molar-refractivity contribution in [3.63, 3.8) is 0 Å². The summed E-state index contributed by atoms with van der Waals surface area (Å²) in [5.74, 6) is 2.17. The van der Waals surface area contributed by atoms with E-state index in [9.17, 15) is 4.79 Å². The molecule has 2 aromatic carbocycles. The largest absolute Gasteiger partial charge is 0.493 e. The molecular weight excluding hydrogens is 382 g/mol. The molecule has 1 amide bonds. The lowest BCUT2D eigenvalue weighted by Gasteiger charge is -2.16. The number of aromatic nitrogens is 2. The van der Waals surface area contributed by atoms with Crippen LogP contribution in [0.4, 0.5) is 0 Å². The number of amides is 1. The third-order valence-corrected chi connectivity index (χ3v) is 4.83. The molecule has 0 aliphatic carbocycles. The number of ether oxygens (including phenoxy) is 3. The number of carbonyl (C=O) groups is 1. The summed E-state index contributed by atoms with van der Waals surface area (Å²) < 4.78 is 18.3. The molecular formula is C23H29N3O4. The van der Waals surface area contributed by atoms with Crippen molar-refractivity contribution < 1.29 is 19.0 Å². The van der Waals surface area contributed by atoms with Crippen LogP contribution in [0.5, 0.6) is 11.5 Å². The van der Waals surface area contributed by atoms with Gasteiger partial charge in [-0.15, -0.1) is 0 Å². The summed E-state index contributed by atoms with van der Waals surface area (Å²) in [5.41, 5.74) is 1.98. The van der Waals surface area contributed by atoms with Crippen LogP contribution < -0.4 is 14.8 Å². The molecule has 1 aromatic heterocycles. The number of benzene rings is 2. The molecule has 3 aromatic rings. The Kier molecular flexibility index (Phi) is 7.68. The Labute approximate surface area is 177 Å². The van der Waals surface area contributed by atoms with E-state index >= 15 is 0 Å². The van der Waals surface area contributed by atoms with Crippen LogP contribution in [0.1, 0.15) is 31.6 Å². The van der Waals surface area contributed by atoms with E-state index in [1.165, 1.54) is 7.11 Å². The average Bonchev–Trinajstić information content (AvgIpc) is 3.13. The number of fused-ring (bicyclic) bond motifs is 1. The van der Waals surface area contributed by atoms with E-state index in [1.807, 2.05) is 49.4 Å². The zero-order valence-corrected chi connectivity index (χ0v) is 17.8. The summed E-state index contributed by atoms with van der Waals surface area (Å²) in [5, 5.41) is 2.95. The molecule has 160 valence electrons. The number of hydrogen-bond donors (Lipinski definition) is 1. The molecule has 3 rings (SSSR count). The maximum atomic E-state index is 11.9. The minimum atomic E-state index is -0.218. The van der Waals surface area contributed by atoms with Crippen molar-refractivity contribution in [2.24, 2.45) is 0 Å². The Morgan fingerprint density at radius 2 is 1.80 bits per heavy atom. The van der Waals surface area contributed by atoms with E-state index in [4.69, 9.17) is 19.2 Å². The fraction of sp³-hybridized carbons (Fsp3) is 0.391. The van der Waals surface area contributed by atoms with Crippen molar-refractivity contribution in [2.75, 3.05) is 27.4 Å². The molecule has 1 N–H and O–H groups in total. The van der Waals surface area contributed by atoms with Crippen molar-refractivity contribution >= 4 is 16.9 Å². The first-order chi connectivity index (χ1) is 14.6. The van der Waals surface area contributed by atoms with E-state index in [0.29, 0.717) is 6.61 Å². The van der Waals surface area contributed by atoms with Gasteiger partial charge in [-0.3, -0.25) is 4.79 Å². The van der Waals surface area contributed by atoms with Gasteiger partial charge in [0.05, 0.1) is 30.8 Å². The third-order valence-electron chi connectivity index (χ3n) is 4.83. The van der Waals surface area contributed by atoms with Crippen LogP contribution in [0.15, 0.2) is 48.5 Å². The molecule has 0 aliphatic rings. The van der Waals surface area contributed by atoms with Gasteiger partial charge in [0.2, 0.25) is 5.91 Å². The highest BCUT2D eigenvalue weighted by Crippen LogP contribution is 2.26. The number of methoxy groups -OCH3 is 2. The smallest absolute Gasteiger partial charge is 0.246 e. The van der Waals surface area contributed by atoms with Crippen molar-refractivity contribution in [1.82, 2.24) is 14.9 Å².